The monoisotopic (exact) mass is 430 g/mol. The van der Waals surface area contributed by atoms with E-state index in [1.807, 2.05) is 36.4 Å². The van der Waals surface area contributed by atoms with E-state index in [0.29, 0.717) is 27.8 Å². The fraction of sp³-hybridized carbons (Fsp3) is 0.0500. The molecule has 0 unspecified atom stereocenters. The van der Waals surface area contributed by atoms with Gasteiger partial charge in [-0.1, -0.05) is 53.0 Å². The number of benzene rings is 2. The first kappa shape index (κ1) is 18.7. The van der Waals surface area contributed by atoms with Crippen LogP contribution in [0, 0.1) is 6.92 Å². The SMILES string of the molecule is Cc1c(C(=O)Nc2c(Cl)cc(Cl)cc2Cl)cnn1-c1ccc2ccccc2n1. The summed E-state index contributed by atoms with van der Waals surface area (Å²) < 4.78 is 1.62. The summed E-state index contributed by atoms with van der Waals surface area (Å²) >= 11 is 18.2. The summed E-state index contributed by atoms with van der Waals surface area (Å²) in [6.45, 7) is 1.80. The Kier molecular flexibility index (Phi) is 4.98. The van der Waals surface area contributed by atoms with Gasteiger partial charge in [-0.25, -0.2) is 9.67 Å². The Morgan fingerprint density at radius 2 is 1.75 bits per heavy atom. The van der Waals surface area contributed by atoms with Crippen molar-refractivity contribution in [3.05, 3.63) is 81.1 Å². The van der Waals surface area contributed by atoms with Crippen LogP contribution in [0.15, 0.2) is 54.7 Å². The highest BCUT2D eigenvalue weighted by Crippen LogP contribution is 2.34. The number of aromatic nitrogens is 3. The minimum absolute atomic E-state index is 0.257. The molecule has 2 heterocycles. The van der Waals surface area contributed by atoms with E-state index in [4.69, 9.17) is 34.8 Å². The van der Waals surface area contributed by atoms with Crippen LogP contribution in [-0.2, 0) is 0 Å². The number of hydrogen-bond acceptors (Lipinski definition) is 3. The van der Waals surface area contributed by atoms with Crippen LogP contribution in [0.4, 0.5) is 5.69 Å². The number of pyridine rings is 1. The van der Waals surface area contributed by atoms with Crippen LogP contribution in [0.2, 0.25) is 15.1 Å². The zero-order valence-electron chi connectivity index (χ0n) is 14.6. The molecule has 0 saturated carbocycles. The van der Waals surface area contributed by atoms with E-state index in [0.717, 1.165) is 10.9 Å². The third-order valence-corrected chi connectivity index (χ3v) is 5.11. The lowest BCUT2D eigenvalue weighted by atomic mass is 10.2. The first-order chi connectivity index (χ1) is 13.4. The van der Waals surface area contributed by atoms with Crippen LogP contribution in [-0.4, -0.2) is 20.7 Å². The molecular weight excluding hydrogens is 419 g/mol. The number of carbonyl (C=O) groups excluding carboxylic acids is 1. The summed E-state index contributed by atoms with van der Waals surface area (Å²) in [5.41, 5.74) is 2.17. The molecule has 0 radical (unpaired) electrons. The fourth-order valence-corrected chi connectivity index (χ4v) is 3.79. The van der Waals surface area contributed by atoms with Gasteiger partial charge in [0.05, 0.1) is 38.7 Å². The predicted octanol–water partition coefficient (Wildman–Crippen LogP) is 5.94. The smallest absolute Gasteiger partial charge is 0.259 e. The molecular formula is C20H13Cl3N4O. The minimum Gasteiger partial charge on any atom is -0.319 e. The molecule has 4 aromatic rings. The number of hydrogen-bond donors (Lipinski definition) is 1. The average molecular weight is 432 g/mol. The van der Waals surface area contributed by atoms with Gasteiger partial charge in [-0.2, -0.15) is 5.10 Å². The molecule has 1 amide bonds. The number of nitrogens with zero attached hydrogens (tertiary/aromatic N) is 3. The van der Waals surface area contributed by atoms with E-state index < -0.39 is 0 Å². The third kappa shape index (κ3) is 3.44. The highest BCUT2D eigenvalue weighted by atomic mass is 35.5. The largest absolute Gasteiger partial charge is 0.319 e. The number of anilines is 1. The van der Waals surface area contributed by atoms with Crippen LogP contribution in [0.25, 0.3) is 16.7 Å². The van der Waals surface area contributed by atoms with Gasteiger partial charge in [0, 0.05) is 10.4 Å². The zero-order chi connectivity index (χ0) is 19.8. The van der Waals surface area contributed by atoms with E-state index >= 15 is 0 Å². The average Bonchev–Trinajstić information content (AvgIpc) is 3.05. The Balaban J connectivity index is 1.67. The molecule has 4 rings (SSSR count). The zero-order valence-corrected chi connectivity index (χ0v) is 16.8. The van der Waals surface area contributed by atoms with Crippen LogP contribution < -0.4 is 5.32 Å². The molecule has 0 spiro atoms. The van der Waals surface area contributed by atoms with Gasteiger partial charge >= 0.3 is 0 Å². The van der Waals surface area contributed by atoms with E-state index in [-0.39, 0.29) is 16.0 Å². The van der Waals surface area contributed by atoms with Crippen molar-refractivity contribution in [3.8, 4) is 5.82 Å². The number of fused-ring (bicyclic) bond motifs is 1. The Morgan fingerprint density at radius 3 is 2.50 bits per heavy atom. The van der Waals surface area contributed by atoms with Gasteiger partial charge in [0.25, 0.3) is 5.91 Å². The lowest BCUT2D eigenvalue weighted by molar-refractivity contribution is 0.102. The number of halogens is 3. The summed E-state index contributed by atoms with van der Waals surface area (Å²) in [5.74, 6) is 0.244. The quantitative estimate of drug-likeness (QED) is 0.436. The molecule has 2 aromatic heterocycles. The van der Waals surface area contributed by atoms with Crippen molar-refractivity contribution in [2.75, 3.05) is 5.32 Å². The van der Waals surface area contributed by atoms with Crippen molar-refractivity contribution in [3.63, 3.8) is 0 Å². The molecule has 0 atom stereocenters. The van der Waals surface area contributed by atoms with Crippen LogP contribution in [0.5, 0.6) is 0 Å². The molecule has 0 bridgehead atoms. The highest BCUT2D eigenvalue weighted by Gasteiger charge is 2.18. The Bertz CT molecular complexity index is 1200. The minimum atomic E-state index is -0.379. The standard InChI is InChI=1S/C20H13Cl3N4O/c1-11-14(20(28)26-19-15(22)8-13(21)9-16(19)23)10-24-27(11)18-7-6-12-4-2-3-5-17(12)25-18/h2-10H,1H3,(H,26,28). The second kappa shape index (κ2) is 7.43. The Hall–Kier alpha value is -2.60. The number of carbonyl (C=O) groups is 1. The molecule has 28 heavy (non-hydrogen) atoms. The van der Waals surface area contributed by atoms with E-state index in [1.165, 1.54) is 18.3 Å². The van der Waals surface area contributed by atoms with Crippen molar-refractivity contribution in [2.45, 2.75) is 6.92 Å². The van der Waals surface area contributed by atoms with E-state index in [9.17, 15) is 4.79 Å². The molecule has 0 aliphatic heterocycles. The van der Waals surface area contributed by atoms with Gasteiger partial charge in [-0.15, -0.1) is 0 Å². The number of para-hydroxylation sites is 1. The van der Waals surface area contributed by atoms with Crippen molar-refractivity contribution in [1.82, 2.24) is 14.8 Å². The van der Waals surface area contributed by atoms with E-state index in [2.05, 4.69) is 15.4 Å². The summed E-state index contributed by atoms with van der Waals surface area (Å²) in [7, 11) is 0. The Morgan fingerprint density at radius 1 is 1.04 bits per heavy atom. The van der Waals surface area contributed by atoms with Gasteiger partial charge in [0.1, 0.15) is 0 Å². The molecule has 8 heteroatoms. The molecule has 0 fully saturated rings. The van der Waals surface area contributed by atoms with Gasteiger partial charge < -0.3 is 5.32 Å². The van der Waals surface area contributed by atoms with Gasteiger partial charge in [-0.3, -0.25) is 4.79 Å². The molecule has 0 aliphatic rings. The van der Waals surface area contributed by atoms with Crippen LogP contribution >= 0.6 is 34.8 Å². The van der Waals surface area contributed by atoms with Gasteiger partial charge in [-0.05, 0) is 37.3 Å². The van der Waals surface area contributed by atoms with Crippen molar-refractivity contribution < 1.29 is 4.79 Å². The second-order valence-corrected chi connectivity index (χ2v) is 7.37. The molecule has 0 saturated heterocycles. The molecule has 1 N–H and O–H groups in total. The normalized spacial score (nSPS) is 11.0. The van der Waals surface area contributed by atoms with Crippen molar-refractivity contribution >= 4 is 57.3 Å². The lowest BCUT2D eigenvalue weighted by Gasteiger charge is -2.10. The molecule has 2 aromatic carbocycles. The number of rotatable bonds is 3. The number of nitrogens with one attached hydrogen (secondary N) is 1. The first-order valence-electron chi connectivity index (χ1n) is 8.31. The maximum atomic E-state index is 12.7. The first-order valence-corrected chi connectivity index (χ1v) is 9.44. The van der Waals surface area contributed by atoms with Crippen molar-refractivity contribution in [2.24, 2.45) is 0 Å². The topological polar surface area (TPSA) is 59.8 Å². The predicted molar refractivity (Wildman–Crippen MR) is 113 cm³/mol. The molecule has 140 valence electrons. The lowest BCUT2D eigenvalue weighted by Crippen LogP contribution is -2.14. The van der Waals surface area contributed by atoms with Crippen molar-refractivity contribution in [1.29, 1.82) is 0 Å². The summed E-state index contributed by atoms with van der Waals surface area (Å²) in [5, 5.41) is 8.97. The summed E-state index contributed by atoms with van der Waals surface area (Å²) in [6, 6.07) is 14.6. The maximum absolute atomic E-state index is 12.7. The van der Waals surface area contributed by atoms with Gasteiger partial charge in [0.15, 0.2) is 5.82 Å². The second-order valence-electron chi connectivity index (χ2n) is 6.12. The third-order valence-electron chi connectivity index (χ3n) is 4.30. The summed E-state index contributed by atoms with van der Waals surface area (Å²) in [4.78, 5) is 17.4. The maximum Gasteiger partial charge on any atom is 0.259 e. The number of amides is 1. The van der Waals surface area contributed by atoms with E-state index in [1.54, 1.807) is 11.6 Å². The van der Waals surface area contributed by atoms with Crippen LogP contribution in [0.1, 0.15) is 16.1 Å². The molecule has 0 aliphatic carbocycles. The fourth-order valence-electron chi connectivity index (χ4n) is 2.88. The van der Waals surface area contributed by atoms with Gasteiger partial charge in [0.2, 0.25) is 0 Å². The Labute approximate surface area is 175 Å². The molecule has 5 nitrogen and oxygen atoms in total. The highest BCUT2D eigenvalue weighted by molar-refractivity contribution is 6.42. The van der Waals surface area contributed by atoms with Crippen LogP contribution in [0.3, 0.4) is 0 Å². The summed E-state index contributed by atoms with van der Waals surface area (Å²) in [6.07, 6.45) is 1.49.